The maximum absolute atomic E-state index is 10.4. The van der Waals surface area contributed by atoms with Gasteiger partial charge in [0.05, 0.1) is 13.7 Å². The third-order valence-electron chi connectivity index (χ3n) is 4.23. The smallest absolute Gasteiger partial charge is 0.124 e. The van der Waals surface area contributed by atoms with E-state index < -0.39 is 5.54 Å². The average Bonchev–Trinajstić information content (AvgIpc) is 2.98. The Morgan fingerprint density at radius 2 is 2.00 bits per heavy atom. The highest BCUT2D eigenvalue weighted by Crippen LogP contribution is 2.39. The molecule has 0 saturated carbocycles. The lowest BCUT2D eigenvalue weighted by Crippen LogP contribution is -2.47. The van der Waals surface area contributed by atoms with Crippen molar-refractivity contribution >= 4 is 11.3 Å². The molecule has 1 aromatic carbocycles. The Morgan fingerprint density at radius 3 is 2.46 bits per heavy atom. The van der Waals surface area contributed by atoms with Crippen LogP contribution in [0.5, 0.6) is 5.75 Å². The second-order valence-corrected chi connectivity index (χ2v) is 7.91. The minimum atomic E-state index is -0.764. The predicted octanol–water partition coefficient (Wildman–Crippen LogP) is 3.60. The first kappa shape index (κ1) is 18.9. The quantitative estimate of drug-likeness (QED) is 0.837. The Bertz CT molecular complexity index is 691. The number of methoxy groups -OCH3 is 1. The van der Waals surface area contributed by atoms with Crippen molar-refractivity contribution in [2.24, 2.45) is 0 Å². The van der Waals surface area contributed by atoms with Crippen LogP contribution >= 0.6 is 11.3 Å². The van der Waals surface area contributed by atoms with Crippen LogP contribution in [0, 0.1) is 6.92 Å². The highest BCUT2D eigenvalue weighted by Gasteiger charge is 2.39. The summed E-state index contributed by atoms with van der Waals surface area (Å²) in [6, 6.07) is 6.20. The number of ether oxygens (including phenoxy) is 1. The molecule has 0 amide bonds. The minimum absolute atomic E-state index is 0.00717. The number of aliphatic hydroxyl groups excluding tert-OH is 1. The zero-order valence-corrected chi connectivity index (χ0v) is 16.3. The number of aryl methyl sites for hydroxylation is 1. The van der Waals surface area contributed by atoms with Crippen LogP contribution in [-0.4, -0.2) is 30.4 Å². The molecule has 5 heteroatoms. The molecule has 1 aromatic heterocycles. The Hall–Kier alpha value is -1.43. The summed E-state index contributed by atoms with van der Waals surface area (Å²) in [6.45, 7) is 11.2. The Labute approximate surface area is 148 Å². The number of benzene rings is 1. The third kappa shape index (κ3) is 3.48. The molecule has 0 aliphatic rings. The molecule has 0 spiro atoms. The zero-order valence-electron chi connectivity index (χ0n) is 15.4. The van der Waals surface area contributed by atoms with Crippen LogP contribution in [0.4, 0.5) is 0 Å². The van der Waals surface area contributed by atoms with Crippen molar-refractivity contribution in [3.63, 3.8) is 0 Å². The van der Waals surface area contributed by atoms with Gasteiger partial charge in [0.2, 0.25) is 0 Å². The van der Waals surface area contributed by atoms with E-state index in [9.17, 15) is 5.11 Å². The zero-order chi connectivity index (χ0) is 18.0. The maximum Gasteiger partial charge on any atom is 0.124 e. The molecule has 2 rings (SSSR count). The van der Waals surface area contributed by atoms with Gasteiger partial charge in [0.1, 0.15) is 16.3 Å². The third-order valence-corrected chi connectivity index (χ3v) is 5.35. The topological polar surface area (TPSA) is 54.4 Å². The van der Waals surface area contributed by atoms with E-state index in [-0.39, 0.29) is 12.0 Å². The number of nitrogens with zero attached hydrogens (tertiary/aromatic N) is 1. The molecule has 0 aliphatic carbocycles. The first-order valence-electron chi connectivity index (χ1n) is 8.26. The van der Waals surface area contributed by atoms with E-state index in [0.29, 0.717) is 6.54 Å². The fourth-order valence-electron chi connectivity index (χ4n) is 2.85. The SMILES string of the molecule is CCNC(CO)(c1nc(C)cs1)c1cc(C(C)(C)C)ccc1OC. The molecule has 0 saturated heterocycles. The van der Waals surface area contributed by atoms with E-state index in [1.54, 1.807) is 18.4 Å². The number of likely N-dealkylation sites (N-methyl/N-ethyl adjacent to an activating group) is 1. The highest BCUT2D eigenvalue weighted by molar-refractivity contribution is 7.09. The van der Waals surface area contributed by atoms with E-state index in [1.165, 1.54) is 5.56 Å². The van der Waals surface area contributed by atoms with Crippen molar-refractivity contribution in [1.82, 2.24) is 10.3 Å². The lowest BCUT2D eigenvalue weighted by Gasteiger charge is -2.34. The van der Waals surface area contributed by atoms with E-state index >= 15 is 0 Å². The molecule has 24 heavy (non-hydrogen) atoms. The van der Waals surface area contributed by atoms with Crippen LogP contribution in [0.25, 0.3) is 0 Å². The molecule has 0 bridgehead atoms. The summed E-state index contributed by atoms with van der Waals surface area (Å²) >= 11 is 1.56. The molecule has 1 heterocycles. The number of hydrogen-bond acceptors (Lipinski definition) is 5. The van der Waals surface area contributed by atoms with Crippen molar-refractivity contribution in [2.75, 3.05) is 20.3 Å². The molecule has 2 N–H and O–H groups in total. The van der Waals surface area contributed by atoms with Gasteiger partial charge in [-0.2, -0.15) is 0 Å². The van der Waals surface area contributed by atoms with Crippen molar-refractivity contribution in [2.45, 2.75) is 45.6 Å². The molecule has 1 atom stereocenters. The molecule has 4 nitrogen and oxygen atoms in total. The predicted molar refractivity (Wildman–Crippen MR) is 100 cm³/mol. The molecule has 1 unspecified atom stereocenters. The van der Waals surface area contributed by atoms with Gasteiger partial charge in [-0.05, 0) is 36.6 Å². The molecular weight excluding hydrogens is 320 g/mol. The first-order valence-corrected chi connectivity index (χ1v) is 9.14. The van der Waals surface area contributed by atoms with Gasteiger partial charge in [-0.1, -0.05) is 33.8 Å². The molecule has 132 valence electrons. The normalized spacial score (nSPS) is 14.5. The monoisotopic (exact) mass is 348 g/mol. The van der Waals surface area contributed by atoms with Crippen molar-refractivity contribution in [3.8, 4) is 5.75 Å². The Balaban J connectivity index is 2.73. The van der Waals surface area contributed by atoms with E-state index in [2.05, 4.69) is 43.2 Å². The van der Waals surface area contributed by atoms with Crippen molar-refractivity contribution in [1.29, 1.82) is 0 Å². The number of aromatic nitrogens is 1. The highest BCUT2D eigenvalue weighted by atomic mass is 32.1. The number of aliphatic hydroxyl groups is 1. The lowest BCUT2D eigenvalue weighted by atomic mass is 9.82. The van der Waals surface area contributed by atoms with Crippen LogP contribution in [0.1, 0.15) is 49.5 Å². The van der Waals surface area contributed by atoms with Gasteiger partial charge in [0, 0.05) is 16.6 Å². The number of hydrogen-bond donors (Lipinski definition) is 2. The van der Waals surface area contributed by atoms with E-state index in [1.807, 2.05) is 25.3 Å². The number of nitrogens with one attached hydrogen (secondary N) is 1. The molecule has 0 fully saturated rings. The molecule has 0 aliphatic heterocycles. The van der Waals surface area contributed by atoms with E-state index in [0.717, 1.165) is 22.0 Å². The first-order chi connectivity index (χ1) is 11.3. The van der Waals surface area contributed by atoms with Gasteiger partial charge < -0.3 is 9.84 Å². The van der Waals surface area contributed by atoms with Crippen LogP contribution in [0.15, 0.2) is 23.6 Å². The summed E-state index contributed by atoms with van der Waals surface area (Å²) in [5.41, 5.74) is 2.32. The maximum atomic E-state index is 10.4. The summed E-state index contributed by atoms with van der Waals surface area (Å²) in [7, 11) is 1.66. The molecule has 0 radical (unpaired) electrons. The van der Waals surface area contributed by atoms with Gasteiger partial charge in [0.15, 0.2) is 0 Å². The minimum Gasteiger partial charge on any atom is -0.496 e. The van der Waals surface area contributed by atoms with Crippen LogP contribution in [0.3, 0.4) is 0 Å². The van der Waals surface area contributed by atoms with Crippen LogP contribution in [0.2, 0.25) is 0 Å². The molecular formula is C19H28N2O2S. The second-order valence-electron chi connectivity index (χ2n) is 7.05. The van der Waals surface area contributed by atoms with Gasteiger partial charge in [-0.25, -0.2) is 4.98 Å². The Kier molecular flexibility index (Phi) is 5.68. The van der Waals surface area contributed by atoms with Crippen LogP contribution < -0.4 is 10.1 Å². The van der Waals surface area contributed by atoms with Gasteiger partial charge in [-0.15, -0.1) is 11.3 Å². The van der Waals surface area contributed by atoms with Crippen LogP contribution in [-0.2, 0) is 11.0 Å². The summed E-state index contributed by atoms with van der Waals surface area (Å²) < 4.78 is 5.62. The van der Waals surface area contributed by atoms with Gasteiger partial charge in [-0.3, -0.25) is 5.32 Å². The number of rotatable bonds is 6. The van der Waals surface area contributed by atoms with Crippen molar-refractivity contribution in [3.05, 3.63) is 45.4 Å². The summed E-state index contributed by atoms with van der Waals surface area (Å²) in [5, 5.41) is 16.7. The van der Waals surface area contributed by atoms with Gasteiger partial charge >= 0.3 is 0 Å². The largest absolute Gasteiger partial charge is 0.496 e. The fraction of sp³-hybridized carbons (Fsp3) is 0.526. The summed E-state index contributed by atoms with van der Waals surface area (Å²) in [6.07, 6.45) is 0. The molecule has 2 aromatic rings. The fourth-order valence-corrected chi connectivity index (χ4v) is 3.83. The standard InChI is InChI=1S/C19H28N2O2S/c1-7-20-19(12-22,17-21-13(2)11-24-17)15-10-14(18(3,4)5)8-9-16(15)23-6/h8-11,20,22H,7,12H2,1-6H3. The lowest BCUT2D eigenvalue weighted by molar-refractivity contribution is 0.189. The Morgan fingerprint density at radius 1 is 1.29 bits per heavy atom. The van der Waals surface area contributed by atoms with Gasteiger partial charge in [0.25, 0.3) is 0 Å². The summed E-state index contributed by atoms with van der Waals surface area (Å²) in [5.74, 6) is 0.755. The number of thiazole rings is 1. The summed E-state index contributed by atoms with van der Waals surface area (Å²) in [4.78, 5) is 4.66. The second kappa shape index (κ2) is 7.21. The van der Waals surface area contributed by atoms with E-state index in [4.69, 9.17) is 4.74 Å². The average molecular weight is 349 g/mol. The van der Waals surface area contributed by atoms with Crippen molar-refractivity contribution < 1.29 is 9.84 Å².